The molecule has 6 heteroatoms. The van der Waals surface area contributed by atoms with Crippen LogP contribution < -0.4 is 5.32 Å². The first kappa shape index (κ1) is 23.5. The van der Waals surface area contributed by atoms with E-state index in [0.717, 1.165) is 29.7 Å². The zero-order chi connectivity index (χ0) is 23.1. The molecule has 0 spiro atoms. The number of carbonyl (C=O) groups excluding carboxylic acids is 3. The van der Waals surface area contributed by atoms with Gasteiger partial charge in [-0.15, -0.1) is 0 Å². The highest BCUT2D eigenvalue weighted by Gasteiger charge is 2.53. The fourth-order valence-corrected chi connectivity index (χ4v) is 4.18. The molecule has 1 aliphatic heterocycles. The maximum atomic E-state index is 13.7. The molecule has 0 saturated carbocycles. The zero-order valence-electron chi connectivity index (χ0n) is 19.2. The maximum Gasteiger partial charge on any atom is 0.325 e. The summed E-state index contributed by atoms with van der Waals surface area (Å²) >= 11 is 0. The molecule has 0 bridgehead atoms. The lowest BCUT2D eigenvalue weighted by Gasteiger charge is -2.30. The lowest BCUT2D eigenvalue weighted by atomic mass is 9.83. The molecule has 0 aliphatic carbocycles. The van der Waals surface area contributed by atoms with Gasteiger partial charge in [0.25, 0.3) is 5.91 Å². The number of unbranched alkanes of at least 4 members (excludes halogenated alkanes) is 1. The van der Waals surface area contributed by atoms with Gasteiger partial charge in [0.2, 0.25) is 5.91 Å². The molecular weight excluding hydrogens is 402 g/mol. The van der Waals surface area contributed by atoms with Crippen molar-refractivity contribution in [1.82, 2.24) is 15.1 Å². The summed E-state index contributed by atoms with van der Waals surface area (Å²) < 4.78 is 0. The van der Waals surface area contributed by atoms with E-state index in [1.165, 1.54) is 0 Å². The van der Waals surface area contributed by atoms with Crippen molar-refractivity contribution in [2.45, 2.75) is 58.0 Å². The Labute approximate surface area is 190 Å². The van der Waals surface area contributed by atoms with E-state index >= 15 is 0 Å². The number of urea groups is 1. The molecule has 2 atom stereocenters. The van der Waals surface area contributed by atoms with Gasteiger partial charge in [0.05, 0.1) is 0 Å². The molecule has 1 N–H and O–H groups in total. The van der Waals surface area contributed by atoms with Crippen molar-refractivity contribution in [2.24, 2.45) is 0 Å². The Hall–Kier alpha value is -3.15. The van der Waals surface area contributed by atoms with Gasteiger partial charge in [-0.05, 0) is 30.9 Å². The number of rotatable bonds is 10. The quantitative estimate of drug-likeness (QED) is 0.571. The molecule has 1 aliphatic rings. The van der Waals surface area contributed by atoms with Crippen molar-refractivity contribution in [1.29, 1.82) is 0 Å². The fraction of sp³-hybridized carbons (Fsp3) is 0.423. The first-order valence-electron chi connectivity index (χ1n) is 11.5. The van der Waals surface area contributed by atoms with Crippen LogP contribution in [0.15, 0.2) is 60.7 Å². The first-order chi connectivity index (χ1) is 15.4. The third kappa shape index (κ3) is 4.85. The molecule has 0 radical (unpaired) electrons. The SMILES string of the molecule is CCCCN(C(=O)CN1C(=O)NC(Cc2ccccc2)(c2ccccc2)C1=O)C(C)CC. The Morgan fingerprint density at radius 1 is 1.03 bits per heavy atom. The van der Waals surface area contributed by atoms with Crippen LogP contribution in [0.4, 0.5) is 4.79 Å². The summed E-state index contributed by atoms with van der Waals surface area (Å²) in [4.78, 5) is 42.8. The molecule has 3 rings (SSSR count). The van der Waals surface area contributed by atoms with E-state index in [1.807, 2.05) is 74.5 Å². The molecular formula is C26H33N3O3. The smallest absolute Gasteiger partial charge is 0.325 e. The number of hydrogen-bond donors (Lipinski definition) is 1. The summed E-state index contributed by atoms with van der Waals surface area (Å²) in [5, 5.41) is 2.93. The normalized spacial score (nSPS) is 19.0. The van der Waals surface area contributed by atoms with Gasteiger partial charge in [0, 0.05) is 19.0 Å². The minimum Gasteiger partial charge on any atom is -0.338 e. The number of nitrogens with one attached hydrogen (secondary N) is 1. The van der Waals surface area contributed by atoms with Crippen LogP contribution in [0.25, 0.3) is 0 Å². The average Bonchev–Trinajstić information content (AvgIpc) is 3.05. The molecule has 2 aromatic carbocycles. The third-order valence-electron chi connectivity index (χ3n) is 6.24. The van der Waals surface area contributed by atoms with Crippen molar-refractivity contribution >= 4 is 17.8 Å². The van der Waals surface area contributed by atoms with E-state index < -0.39 is 11.6 Å². The molecule has 4 amide bonds. The van der Waals surface area contributed by atoms with E-state index in [4.69, 9.17) is 0 Å². The summed E-state index contributed by atoms with van der Waals surface area (Å²) in [6.07, 6.45) is 2.99. The van der Waals surface area contributed by atoms with Gasteiger partial charge < -0.3 is 10.2 Å². The minimum absolute atomic E-state index is 0.0537. The second-order valence-electron chi connectivity index (χ2n) is 8.45. The second-order valence-corrected chi connectivity index (χ2v) is 8.45. The number of amides is 4. The number of nitrogens with zero attached hydrogens (tertiary/aromatic N) is 2. The largest absolute Gasteiger partial charge is 0.338 e. The standard InChI is InChI=1S/C26H33N3O3/c1-4-6-17-28(20(3)5-2)23(30)19-29-24(31)26(27-25(29)32,22-15-11-8-12-16-22)18-21-13-9-7-10-14-21/h7-16,20H,4-6,17-19H2,1-3H3,(H,27,32). The van der Waals surface area contributed by atoms with Crippen LogP contribution in [0.3, 0.4) is 0 Å². The van der Waals surface area contributed by atoms with Crippen LogP contribution >= 0.6 is 0 Å². The van der Waals surface area contributed by atoms with E-state index in [9.17, 15) is 14.4 Å². The van der Waals surface area contributed by atoms with Crippen LogP contribution in [-0.2, 0) is 21.5 Å². The molecule has 1 fully saturated rings. The Morgan fingerprint density at radius 2 is 1.66 bits per heavy atom. The molecule has 32 heavy (non-hydrogen) atoms. The lowest BCUT2D eigenvalue weighted by Crippen LogP contribution is -2.48. The molecule has 1 saturated heterocycles. The second kappa shape index (κ2) is 10.4. The summed E-state index contributed by atoms with van der Waals surface area (Å²) in [6.45, 7) is 6.49. The van der Waals surface area contributed by atoms with Crippen LogP contribution in [0.1, 0.15) is 51.2 Å². The highest BCUT2D eigenvalue weighted by atomic mass is 16.2. The zero-order valence-corrected chi connectivity index (χ0v) is 19.2. The lowest BCUT2D eigenvalue weighted by molar-refractivity contribution is -0.140. The van der Waals surface area contributed by atoms with Crippen molar-refractivity contribution in [3.05, 3.63) is 71.8 Å². The topological polar surface area (TPSA) is 69.7 Å². The van der Waals surface area contributed by atoms with Crippen LogP contribution in [0.5, 0.6) is 0 Å². The van der Waals surface area contributed by atoms with E-state index in [1.54, 1.807) is 4.90 Å². The highest BCUT2D eigenvalue weighted by Crippen LogP contribution is 2.33. The number of hydrogen-bond acceptors (Lipinski definition) is 3. The minimum atomic E-state index is -1.23. The van der Waals surface area contributed by atoms with E-state index in [0.29, 0.717) is 18.5 Å². The Kier molecular flexibility index (Phi) is 7.67. The van der Waals surface area contributed by atoms with Crippen molar-refractivity contribution < 1.29 is 14.4 Å². The van der Waals surface area contributed by atoms with Gasteiger partial charge >= 0.3 is 6.03 Å². The predicted octanol–water partition coefficient (Wildman–Crippen LogP) is 4.10. The predicted molar refractivity (Wildman–Crippen MR) is 125 cm³/mol. The number of benzene rings is 2. The van der Waals surface area contributed by atoms with Gasteiger partial charge in [0.15, 0.2) is 5.54 Å². The van der Waals surface area contributed by atoms with Gasteiger partial charge in [-0.3, -0.25) is 14.5 Å². The van der Waals surface area contributed by atoms with Gasteiger partial charge in [0.1, 0.15) is 6.54 Å². The summed E-state index contributed by atoms with van der Waals surface area (Å²) in [5.74, 6) is -0.578. The first-order valence-corrected chi connectivity index (χ1v) is 11.5. The fourth-order valence-electron chi connectivity index (χ4n) is 4.18. The highest BCUT2D eigenvalue weighted by molar-refractivity contribution is 6.09. The van der Waals surface area contributed by atoms with Gasteiger partial charge in [-0.2, -0.15) is 0 Å². The Morgan fingerprint density at radius 3 is 2.25 bits per heavy atom. The molecule has 6 nitrogen and oxygen atoms in total. The molecule has 2 aromatic rings. The summed E-state index contributed by atoms with van der Waals surface area (Å²) in [7, 11) is 0. The van der Waals surface area contributed by atoms with Crippen molar-refractivity contribution in [2.75, 3.05) is 13.1 Å². The van der Waals surface area contributed by atoms with Crippen LogP contribution in [0, 0.1) is 0 Å². The number of imide groups is 1. The monoisotopic (exact) mass is 435 g/mol. The third-order valence-corrected chi connectivity index (χ3v) is 6.24. The average molecular weight is 436 g/mol. The van der Waals surface area contributed by atoms with Gasteiger partial charge in [-0.25, -0.2) is 4.79 Å². The molecule has 1 heterocycles. The summed E-state index contributed by atoms with van der Waals surface area (Å²) in [5.41, 5.74) is 0.411. The van der Waals surface area contributed by atoms with Crippen LogP contribution in [-0.4, -0.2) is 46.8 Å². The Bertz CT molecular complexity index is 932. The van der Waals surface area contributed by atoms with Crippen molar-refractivity contribution in [3.8, 4) is 0 Å². The molecule has 0 aromatic heterocycles. The number of carbonyl (C=O) groups is 3. The van der Waals surface area contributed by atoms with Crippen molar-refractivity contribution in [3.63, 3.8) is 0 Å². The maximum absolute atomic E-state index is 13.7. The summed E-state index contributed by atoms with van der Waals surface area (Å²) in [6, 6.07) is 18.4. The van der Waals surface area contributed by atoms with Gasteiger partial charge in [-0.1, -0.05) is 80.9 Å². The van der Waals surface area contributed by atoms with E-state index in [-0.39, 0.29) is 24.4 Å². The molecule has 170 valence electrons. The van der Waals surface area contributed by atoms with E-state index in [2.05, 4.69) is 12.2 Å². The Balaban J connectivity index is 1.90. The van der Waals surface area contributed by atoms with Crippen LogP contribution in [0.2, 0.25) is 0 Å². The molecule has 2 unspecified atom stereocenters.